The van der Waals surface area contributed by atoms with Crippen LogP contribution in [0, 0.1) is 12.4 Å². The normalized spacial score (nSPS) is 18.9. The molecule has 2 aromatic heterocycles. The molecule has 0 aliphatic heterocycles. The van der Waals surface area contributed by atoms with Crippen LogP contribution in [-0.4, -0.2) is 45.6 Å². The molecule has 4 aromatic rings. The van der Waals surface area contributed by atoms with Crippen molar-refractivity contribution >= 4 is 28.4 Å². The summed E-state index contributed by atoms with van der Waals surface area (Å²) in [6.45, 7) is 8.04. The van der Waals surface area contributed by atoms with Gasteiger partial charge in [0.15, 0.2) is 0 Å². The molecule has 39 heavy (non-hydrogen) atoms. The van der Waals surface area contributed by atoms with Crippen LogP contribution >= 0.6 is 0 Å². The number of anilines is 1. The van der Waals surface area contributed by atoms with Crippen molar-refractivity contribution in [3.63, 3.8) is 0 Å². The number of rotatable bonds is 6. The third-order valence-corrected chi connectivity index (χ3v) is 7.55. The molecule has 1 aliphatic carbocycles. The van der Waals surface area contributed by atoms with Crippen LogP contribution < -0.4 is 5.32 Å². The maximum Gasteiger partial charge on any atom is 0.257 e. The van der Waals surface area contributed by atoms with Gasteiger partial charge in [-0.2, -0.15) is 5.10 Å². The first-order valence-electron chi connectivity index (χ1n) is 12.9. The van der Waals surface area contributed by atoms with Gasteiger partial charge in [0.05, 0.1) is 23.0 Å². The highest BCUT2D eigenvalue weighted by molar-refractivity contribution is 6.07. The van der Waals surface area contributed by atoms with E-state index in [0.717, 1.165) is 11.1 Å². The molecule has 0 radical (unpaired) electrons. The van der Waals surface area contributed by atoms with Crippen LogP contribution in [0.1, 0.15) is 53.1 Å². The molecule has 5 rings (SSSR count). The van der Waals surface area contributed by atoms with Crippen molar-refractivity contribution in [2.24, 2.45) is 0 Å². The number of hydrogen-bond acceptors (Lipinski definition) is 4. The summed E-state index contributed by atoms with van der Waals surface area (Å²) in [5, 5.41) is 7.64. The van der Waals surface area contributed by atoms with E-state index in [1.165, 1.54) is 27.9 Å². The predicted molar refractivity (Wildman–Crippen MR) is 147 cm³/mol. The first-order valence-corrected chi connectivity index (χ1v) is 12.9. The first-order chi connectivity index (χ1) is 18.8. The topological polar surface area (TPSA) is 84.5 Å². The summed E-state index contributed by atoms with van der Waals surface area (Å²) < 4.78 is 15.9. The Balaban J connectivity index is 1.45. The fourth-order valence-corrected chi connectivity index (χ4v) is 5.40. The maximum atomic E-state index is 14.4. The lowest BCUT2D eigenvalue weighted by Gasteiger charge is -2.33. The number of pyridine rings is 1. The molecule has 0 spiro atoms. The van der Waals surface area contributed by atoms with Gasteiger partial charge in [0.1, 0.15) is 12.4 Å². The molecule has 1 N–H and O–H groups in total. The second-order valence-electron chi connectivity index (χ2n) is 10.2. The minimum absolute atomic E-state index is 0.0444. The molecule has 2 amide bonds. The van der Waals surface area contributed by atoms with Gasteiger partial charge in [-0.3, -0.25) is 19.3 Å². The zero-order valence-corrected chi connectivity index (χ0v) is 21.9. The van der Waals surface area contributed by atoms with Gasteiger partial charge < -0.3 is 15.1 Å². The second kappa shape index (κ2) is 10.7. The molecule has 1 saturated carbocycles. The smallest absolute Gasteiger partial charge is 0.257 e. The number of fused-ring (bicyclic) bond motifs is 1. The lowest BCUT2D eigenvalue weighted by molar-refractivity contribution is -0.129. The number of nitrogens with zero attached hydrogens (tertiary/aromatic N) is 5. The fourth-order valence-electron chi connectivity index (χ4n) is 5.40. The van der Waals surface area contributed by atoms with Crippen molar-refractivity contribution in [3.8, 4) is 0 Å². The number of aromatic nitrogens is 3. The van der Waals surface area contributed by atoms with Crippen LogP contribution in [0.25, 0.3) is 15.7 Å². The molecular weight excluding hydrogens is 495 g/mol. The number of amides is 2. The van der Waals surface area contributed by atoms with Crippen LogP contribution in [0.5, 0.6) is 0 Å². The quantitative estimate of drug-likeness (QED) is 0.343. The van der Waals surface area contributed by atoms with E-state index in [0.29, 0.717) is 47.8 Å². The Morgan fingerprint density at radius 2 is 1.90 bits per heavy atom. The highest BCUT2D eigenvalue weighted by Crippen LogP contribution is 2.47. The van der Waals surface area contributed by atoms with E-state index in [-0.39, 0.29) is 24.3 Å². The zero-order valence-electron chi connectivity index (χ0n) is 21.9. The summed E-state index contributed by atoms with van der Waals surface area (Å²) in [6, 6.07) is 14.3. The SMILES string of the molecule is [C-]#[N+]C1(c2ccccc2)CCC(c2c(C(=O)Nc3cnn(CC(=O)N(C)C)c3)cnc3ccc(F)cc23)CC1. The van der Waals surface area contributed by atoms with E-state index in [2.05, 4.69) is 20.2 Å². The third-order valence-electron chi connectivity index (χ3n) is 7.55. The Labute approximate surface area is 226 Å². The summed E-state index contributed by atoms with van der Waals surface area (Å²) in [6.07, 6.45) is 7.25. The van der Waals surface area contributed by atoms with Gasteiger partial charge in [-0.25, -0.2) is 11.0 Å². The molecule has 0 unspecified atom stereocenters. The molecule has 9 heteroatoms. The molecule has 1 fully saturated rings. The van der Waals surface area contributed by atoms with E-state index >= 15 is 0 Å². The molecule has 2 aromatic carbocycles. The van der Waals surface area contributed by atoms with Gasteiger partial charge >= 0.3 is 0 Å². The summed E-state index contributed by atoms with van der Waals surface area (Å²) in [5.41, 5.74) is 2.57. The van der Waals surface area contributed by atoms with Crippen molar-refractivity contribution in [3.05, 3.63) is 101 Å². The number of hydrogen-bond donors (Lipinski definition) is 1. The third kappa shape index (κ3) is 5.23. The highest BCUT2D eigenvalue weighted by Gasteiger charge is 2.43. The summed E-state index contributed by atoms with van der Waals surface area (Å²) in [4.78, 5) is 35.5. The first kappa shape index (κ1) is 26.0. The molecule has 8 nitrogen and oxygen atoms in total. The number of carbonyl (C=O) groups is 2. The average Bonchev–Trinajstić information content (AvgIpc) is 3.39. The van der Waals surface area contributed by atoms with Crippen LogP contribution in [0.2, 0.25) is 0 Å². The monoisotopic (exact) mass is 524 g/mol. The van der Waals surface area contributed by atoms with Crippen molar-refractivity contribution in [1.29, 1.82) is 0 Å². The van der Waals surface area contributed by atoms with Gasteiger partial charge in [0.2, 0.25) is 5.91 Å². The largest absolute Gasteiger partial charge is 0.347 e. The lowest BCUT2D eigenvalue weighted by Crippen LogP contribution is -2.29. The summed E-state index contributed by atoms with van der Waals surface area (Å²) in [5.74, 6) is -0.947. The van der Waals surface area contributed by atoms with Crippen LogP contribution in [0.15, 0.2) is 67.1 Å². The number of halogens is 1. The van der Waals surface area contributed by atoms with Crippen molar-refractivity contribution < 1.29 is 14.0 Å². The van der Waals surface area contributed by atoms with Crippen molar-refractivity contribution in [2.45, 2.75) is 43.7 Å². The van der Waals surface area contributed by atoms with Gasteiger partial charge in [-0.1, -0.05) is 30.3 Å². The minimum Gasteiger partial charge on any atom is -0.347 e. The molecule has 0 saturated heterocycles. The minimum atomic E-state index is -0.604. The summed E-state index contributed by atoms with van der Waals surface area (Å²) in [7, 11) is 3.33. The molecular formula is C30H29FN6O2. The molecule has 1 aliphatic rings. The fraction of sp³-hybridized carbons (Fsp3) is 0.300. The van der Waals surface area contributed by atoms with Crippen molar-refractivity contribution in [2.75, 3.05) is 19.4 Å². The Kier molecular flexibility index (Phi) is 7.11. The Hall–Kier alpha value is -4.58. The summed E-state index contributed by atoms with van der Waals surface area (Å²) >= 11 is 0. The van der Waals surface area contributed by atoms with Crippen LogP contribution in [0.4, 0.5) is 10.1 Å². The zero-order chi connectivity index (χ0) is 27.6. The molecule has 0 bridgehead atoms. The van der Waals surface area contributed by atoms with Crippen LogP contribution in [0.3, 0.4) is 0 Å². The number of carbonyl (C=O) groups excluding carboxylic acids is 2. The number of benzene rings is 2. The molecule has 198 valence electrons. The maximum absolute atomic E-state index is 14.4. The van der Waals surface area contributed by atoms with E-state index in [9.17, 15) is 14.0 Å². The molecule has 0 atom stereocenters. The van der Waals surface area contributed by atoms with Gasteiger partial charge in [-0.15, -0.1) is 0 Å². The van der Waals surface area contributed by atoms with Crippen molar-refractivity contribution in [1.82, 2.24) is 19.7 Å². The van der Waals surface area contributed by atoms with Crippen LogP contribution in [-0.2, 0) is 16.9 Å². The molecule has 2 heterocycles. The van der Waals surface area contributed by atoms with Gasteiger partial charge in [0, 0.05) is 50.3 Å². The number of nitrogens with one attached hydrogen (secondary N) is 1. The predicted octanol–water partition coefficient (Wildman–Crippen LogP) is 5.38. The van der Waals surface area contributed by atoms with Gasteiger partial charge in [0.25, 0.3) is 11.4 Å². The van der Waals surface area contributed by atoms with E-state index < -0.39 is 11.4 Å². The van der Waals surface area contributed by atoms with Gasteiger partial charge in [-0.05, 0) is 42.5 Å². The second-order valence-corrected chi connectivity index (χ2v) is 10.2. The van der Waals surface area contributed by atoms with E-state index in [4.69, 9.17) is 6.57 Å². The Morgan fingerprint density at radius 1 is 1.15 bits per heavy atom. The van der Waals surface area contributed by atoms with E-state index in [1.54, 1.807) is 32.6 Å². The number of likely N-dealkylation sites (N-methyl/N-ethyl adjacent to an activating group) is 1. The lowest BCUT2D eigenvalue weighted by atomic mass is 9.70. The Bertz CT molecular complexity index is 1570. The van der Waals surface area contributed by atoms with E-state index in [1.807, 2.05) is 30.3 Å². The Morgan fingerprint density at radius 3 is 2.59 bits per heavy atom. The average molecular weight is 525 g/mol. The highest BCUT2D eigenvalue weighted by atomic mass is 19.1. The standard InChI is InChI=1S/C30H29FN6O2/c1-32-30(21-7-5-4-6-8-21)13-11-20(12-14-30)28-24-15-22(31)9-10-26(24)33-17-25(28)29(39)35-23-16-34-37(18-23)19-27(38)36(2)3/h4-10,15-18,20H,11-14,19H2,2-3H3,(H,35,39).